The molecule has 0 aliphatic rings. The van der Waals surface area contributed by atoms with E-state index in [2.05, 4.69) is 15.9 Å². The van der Waals surface area contributed by atoms with E-state index in [4.69, 9.17) is 5.73 Å². The van der Waals surface area contributed by atoms with Crippen LogP contribution in [0.2, 0.25) is 0 Å². The number of hydrogen-bond acceptors (Lipinski definition) is 2. The smallest absolute Gasteiger partial charge is 0.330 e. The van der Waals surface area contributed by atoms with Crippen LogP contribution in [0.4, 0.5) is 9.18 Å². The molecule has 1 aromatic carbocycles. The molecule has 80 valence electrons. The van der Waals surface area contributed by atoms with Gasteiger partial charge in [-0.05, 0) is 34.1 Å². The molecule has 0 atom stereocenters. The van der Waals surface area contributed by atoms with Crippen molar-refractivity contribution >= 4 is 27.9 Å². The maximum absolute atomic E-state index is 13.0. The average Bonchev–Trinajstić information content (AvgIpc) is 2.18. The number of carbonyl (C=O) groups is 2. The first kappa shape index (κ1) is 11.4. The van der Waals surface area contributed by atoms with Crippen LogP contribution in [-0.4, -0.2) is 11.9 Å². The van der Waals surface area contributed by atoms with Crippen LogP contribution in [0.3, 0.4) is 0 Å². The number of rotatable bonds is 1. The van der Waals surface area contributed by atoms with Gasteiger partial charge in [-0.15, -0.1) is 0 Å². The number of hydrazine groups is 1. The minimum absolute atomic E-state index is 0.0736. The van der Waals surface area contributed by atoms with E-state index >= 15 is 0 Å². The molecular weight excluding hydrogens is 269 g/mol. The maximum atomic E-state index is 13.0. The largest absolute Gasteiger partial charge is 0.350 e. The fourth-order valence-electron chi connectivity index (χ4n) is 0.828. The molecule has 0 aliphatic heterocycles. The van der Waals surface area contributed by atoms with Gasteiger partial charge in [0.1, 0.15) is 5.82 Å². The molecular formula is C8H7BrFN3O2. The van der Waals surface area contributed by atoms with Gasteiger partial charge in [-0.25, -0.2) is 14.6 Å². The minimum Gasteiger partial charge on any atom is -0.350 e. The van der Waals surface area contributed by atoms with E-state index in [1.165, 1.54) is 12.1 Å². The molecule has 7 heteroatoms. The summed E-state index contributed by atoms with van der Waals surface area (Å²) in [5, 5.41) is 0. The lowest BCUT2D eigenvalue weighted by Crippen LogP contribution is -2.44. The van der Waals surface area contributed by atoms with Gasteiger partial charge >= 0.3 is 6.03 Å². The summed E-state index contributed by atoms with van der Waals surface area (Å²) in [6, 6.07) is 2.91. The first-order chi connectivity index (χ1) is 7.00. The van der Waals surface area contributed by atoms with Crippen molar-refractivity contribution in [3.8, 4) is 0 Å². The Morgan fingerprint density at radius 3 is 2.53 bits per heavy atom. The molecule has 5 nitrogen and oxygen atoms in total. The Morgan fingerprint density at radius 1 is 1.33 bits per heavy atom. The fourth-order valence-corrected chi connectivity index (χ4v) is 1.07. The monoisotopic (exact) mass is 275 g/mol. The third-order valence-electron chi connectivity index (χ3n) is 1.48. The molecule has 0 bridgehead atoms. The zero-order chi connectivity index (χ0) is 11.4. The minimum atomic E-state index is -0.902. The van der Waals surface area contributed by atoms with Crippen molar-refractivity contribution in [1.82, 2.24) is 10.9 Å². The maximum Gasteiger partial charge on any atom is 0.330 e. The van der Waals surface area contributed by atoms with Crippen molar-refractivity contribution in [3.05, 3.63) is 34.1 Å². The molecule has 3 amide bonds. The zero-order valence-electron chi connectivity index (χ0n) is 7.38. The molecule has 15 heavy (non-hydrogen) atoms. The summed E-state index contributed by atoms with van der Waals surface area (Å²) in [5.41, 5.74) is 8.68. The van der Waals surface area contributed by atoms with Gasteiger partial charge in [-0.3, -0.25) is 10.2 Å². The lowest BCUT2D eigenvalue weighted by molar-refractivity contribution is 0.0937. The van der Waals surface area contributed by atoms with Crippen molar-refractivity contribution in [3.63, 3.8) is 0 Å². The lowest BCUT2D eigenvalue weighted by Gasteiger charge is -2.04. The first-order valence-electron chi connectivity index (χ1n) is 3.81. The molecule has 0 heterocycles. The third kappa shape index (κ3) is 3.21. The Morgan fingerprint density at radius 2 is 2.00 bits per heavy atom. The molecule has 0 unspecified atom stereocenters. The fraction of sp³-hybridized carbons (Fsp3) is 0. The average molecular weight is 276 g/mol. The van der Waals surface area contributed by atoms with Crippen molar-refractivity contribution < 1.29 is 14.0 Å². The summed E-state index contributed by atoms with van der Waals surface area (Å²) in [7, 11) is 0. The van der Waals surface area contributed by atoms with Crippen molar-refractivity contribution in [1.29, 1.82) is 0 Å². The summed E-state index contributed by atoms with van der Waals surface area (Å²) in [4.78, 5) is 21.5. The molecule has 1 aromatic rings. The van der Waals surface area contributed by atoms with Gasteiger partial charge in [-0.2, -0.15) is 0 Å². The number of carbonyl (C=O) groups excluding carboxylic acids is 2. The van der Waals surface area contributed by atoms with Crippen molar-refractivity contribution in [2.75, 3.05) is 0 Å². The van der Waals surface area contributed by atoms with E-state index in [0.29, 0.717) is 0 Å². The second kappa shape index (κ2) is 4.74. The van der Waals surface area contributed by atoms with E-state index < -0.39 is 17.8 Å². The summed E-state index contributed by atoms with van der Waals surface area (Å²) >= 11 is 2.94. The Hall–Kier alpha value is -1.63. The van der Waals surface area contributed by atoms with Crippen LogP contribution in [0.25, 0.3) is 0 Å². The van der Waals surface area contributed by atoms with Crippen LogP contribution in [0.15, 0.2) is 22.7 Å². The number of hydrogen-bond donors (Lipinski definition) is 3. The van der Waals surface area contributed by atoms with Gasteiger partial charge in [-0.1, -0.05) is 0 Å². The number of amides is 3. The van der Waals surface area contributed by atoms with Crippen molar-refractivity contribution in [2.24, 2.45) is 5.73 Å². The highest BCUT2D eigenvalue weighted by atomic mass is 79.9. The van der Waals surface area contributed by atoms with Crippen molar-refractivity contribution in [2.45, 2.75) is 0 Å². The van der Waals surface area contributed by atoms with E-state index in [0.717, 1.165) is 6.07 Å². The van der Waals surface area contributed by atoms with Gasteiger partial charge in [0.05, 0.1) is 4.47 Å². The molecule has 0 saturated carbocycles. The Balaban J connectivity index is 2.74. The molecule has 4 N–H and O–H groups in total. The summed E-state index contributed by atoms with van der Waals surface area (Å²) in [6.45, 7) is 0. The zero-order valence-corrected chi connectivity index (χ0v) is 8.97. The molecule has 0 aromatic heterocycles. The Kier molecular flexibility index (Phi) is 3.62. The molecule has 0 spiro atoms. The van der Waals surface area contributed by atoms with Gasteiger partial charge in [0, 0.05) is 5.56 Å². The number of primary amides is 1. The summed E-state index contributed by atoms with van der Waals surface area (Å²) in [5.74, 6) is -1.22. The summed E-state index contributed by atoms with van der Waals surface area (Å²) in [6.07, 6.45) is 0. The Bertz CT molecular complexity index is 411. The number of urea groups is 1. The van der Waals surface area contributed by atoms with E-state index in [-0.39, 0.29) is 10.0 Å². The van der Waals surface area contributed by atoms with Crippen LogP contribution >= 0.6 is 15.9 Å². The lowest BCUT2D eigenvalue weighted by atomic mass is 10.2. The number of nitrogens with one attached hydrogen (secondary N) is 2. The van der Waals surface area contributed by atoms with Gasteiger partial charge in [0.15, 0.2) is 0 Å². The molecule has 0 aliphatic carbocycles. The number of halogens is 2. The third-order valence-corrected chi connectivity index (χ3v) is 2.12. The standard InChI is InChI=1S/C8H7BrFN3O2/c9-5-2-1-4(3-6(5)10)7(14)12-13-8(11)15/h1-3H,(H,12,14)(H3,11,13,15). The van der Waals surface area contributed by atoms with Crippen LogP contribution in [-0.2, 0) is 0 Å². The van der Waals surface area contributed by atoms with Crippen LogP contribution < -0.4 is 16.6 Å². The van der Waals surface area contributed by atoms with Crippen LogP contribution in [0.1, 0.15) is 10.4 Å². The highest BCUT2D eigenvalue weighted by Gasteiger charge is 2.08. The van der Waals surface area contributed by atoms with Crippen LogP contribution in [0, 0.1) is 5.82 Å². The normalized spacial score (nSPS) is 9.47. The highest BCUT2D eigenvalue weighted by molar-refractivity contribution is 9.10. The molecule has 1 rings (SSSR count). The van der Waals surface area contributed by atoms with Gasteiger partial charge < -0.3 is 5.73 Å². The first-order valence-corrected chi connectivity index (χ1v) is 4.61. The van der Waals surface area contributed by atoms with Crippen LogP contribution in [0.5, 0.6) is 0 Å². The predicted molar refractivity (Wildman–Crippen MR) is 54.3 cm³/mol. The number of benzene rings is 1. The number of nitrogens with two attached hydrogens (primary N) is 1. The SMILES string of the molecule is NC(=O)NNC(=O)c1ccc(Br)c(F)c1. The molecule has 0 saturated heterocycles. The second-order valence-electron chi connectivity index (χ2n) is 2.57. The molecule has 0 radical (unpaired) electrons. The second-order valence-corrected chi connectivity index (χ2v) is 3.43. The van der Waals surface area contributed by atoms with E-state index in [9.17, 15) is 14.0 Å². The van der Waals surface area contributed by atoms with E-state index in [1.807, 2.05) is 10.9 Å². The van der Waals surface area contributed by atoms with Gasteiger partial charge in [0.25, 0.3) is 5.91 Å². The predicted octanol–water partition coefficient (Wildman–Crippen LogP) is 0.901. The van der Waals surface area contributed by atoms with Gasteiger partial charge in [0.2, 0.25) is 0 Å². The van der Waals surface area contributed by atoms with E-state index in [1.54, 1.807) is 0 Å². The Labute approximate surface area is 92.9 Å². The quantitative estimate of drug-likeness (QED) is 0.666. The molecule has 0 fully saturated rings. The highest BCUT2D eigenvalue weighted by Crippen LogP contribution is 2.16. The summed E-state index contributed by atoms with van der Waals surface area (Å²) < 4.78 is 13.3. The topological polar surface area (TPSA) is 84.2 Å².